The number of hydrogen-bond acceptors (Lipinski definition) is 6. The van der Waals surface area contributed by atoms with Gasteiger partial charge >= 0.3 is 0 Å². The highest BCUT2D eigenvalue weighted by Crippen LogP contribution is 2.18. The minimum absolute atomic E-state index is 0.102. The Morgan fingerprint density at radius 2 is 2.08 bits per heavy atom. The monoisotopic (exact) mass is 356 g/mol. The maximum Gasteiger partial charge on any atom is 0.223 e. The molecule has 0 bridgehead atoms. The van der Waals surface area contributed by atoms with Crippen molar-refractivity contribution in [2.24, 2.45) is 0 Å². The van der Waals surface area contributed by atoms with Crippen molar-refractivity contribution in [2.45, 2.75) is 20.0 Å². The summed E-state index contributed by atoms with van der Waals surface area (Å²) < 4.78 is 12.4. The van der Waals surface area contributed by atoms with E-state index in [-0.39, 0.29) is 11.2 Å². The molecular weight excluding hydrogens is 336 g/mol. The number of aromatic nitrogens is 1. The second-order valence-electron chi connectivity index (χ2n) is 5.94. The molecule has 2 N–H and O–H groups in total. The van der Waals surface area contributed by atoms with Gasteiger partial charge in [-0.15, -0.1) is 0 Å². The molecule has 2 aromatic heterocycles. The van der Waals surface area contributed by atoms with Gasteiger partial charge in [0.05, 0.1) is 24.5 Å². The number of nitrogens with zero attached hydrogens (tertiary/aromatic N) is 1. The van der Waals surface area contributed by atoms with Gasteiger partial charge < -0.3 is 24.1 Å². The zero-order valence-electron chi connectivity index (χ0n) is 14.6. The summed E-state index contributed by atoms with van der Waals surface area (Å²) in [7, 11) is 1.55. The Morgan fingerprint density at radius 1 is 1.27 bits per heavy atom. The summed E-state index contributed by atoms with van der Waals surface area (Å²) in [4.78, 5) is 23.9. The largest absolute Gasteiger partial charge is 0.503 e. The van der Waals surface area contributed by atoms with Gasteiger partial charge in [0.15, 0.2) is 11.2 Å². The van der Waals surface area contributed by atoms with E-state index in [1.165, 1.54) is 12.3 Å². The van der Waals surface area contributed by atoms with Crippen LogP contribution in [0.1, 0.15) is 11.3 Å². The molecule has 0 fully saturated rings. The van der Waals surface area contributed by atoms with Gasteiger partial charge in [-0.1, -0.05) is 0 Å². The molecule has 0 spiro atoms. The summed E-state index contributed by atoms with van der Waals surface area (Å²) in [5.74, 6) is 0.361. The summed E-state index contributed by atoms with van der Waals surface area (Å²) >= 11 is 0. The Balaban J connectivity index is 1.69. The van der Waals surface area contributed by atoms with Crippen molar-refractivity contribution in [1.82, 2.24) is 9.88 Å². The third-order valence-electron chi connectivity index (χ3n) is 4.31. The number of nitrogens with one attached hydrogen (secondary N) is 1. The van der Waals surface area contributed by atoms with E-state index < -0.39 is 5.43 Å². The zero-order chi connectivity index (χ0) is 18.7. The van der Waals surface area contributed by atoms with Gasteiger partial charge in [-0.3, -0.25) is 9.59 Å². The van der Waals surface area contributed by atoms with Crippen molar-refractivity contribution < 1.29 is 14.3 Å². The van der Waals surface area contributed by atoms with Crippen LogP contribution < -0.4 is 20.9 Å². The van der Waals surface area contributed by atoms with Crippen LogP contribution in [0.25, 0.3) is 11.0 Å². The van der Waals surface area contributed by atoms with Crippen molar-refractivity contribution in [3.8, 4) is 11.5 Å². The van der Waals surface area contributed by atoms with Crippen LogP contribution in [0.3, 0.4) is 0 Å². The average Bonchev–Trinajstić information content (AvgIpc) is 2.66. The summed E-state index contributed by atoms with van der Waals surface area (Å²) in [5.41, 5.74) is 1.05. The van der Waals surface area contributed by atoms with E-state index in [9.17, 15) is 14.7 Å². The Hall–Kier alpha value is -3.06. The smallest absolute Gasteiger partial charge is 0.223 e. The number of methoxy groups -OCH3 is 1. The molecule has 26 heavy (non-hydrogen) atoms. The van der Waals surface area contributed by atoms with E-state index in [4.69, 9.17) is 9.15 Å². The minimum atomic E-state index is -0.393. The van der Waals surface area contributed by atoms with E-state index in [1.54, 1.807) is 43.0 Å². The molecule has 0 aliphatic carbocycles. The topological polar surface area (TPSA) is 93.7 Å². The van der Waals surface area contributed by atoms with Crippen LogP contribution in [0.4, 0.5) is 0 Å². The lowest BCUT2D eigenvalue weighted by Crippen LogP contribution is -2.24. The molecule has 0 aliphatic rings. The quantitative estimate of drug-likeness (QED) is 0.654. The van der Waals surface area contributed by atoms with Gasteiger partial charge in [0, 0.05) is 37.5 Å². The SMILES string of the molecule is COc1ccc2occ(CNCCn3ccc(=O)c(O)c3C)c(=O)c2c1. The molecule has 7 nitrogen and oxygen atoms in total. The summed E-state index contributed by atoms with van der Waals surface area (Å²) in [6.45, 7) is 3.13. The van der Waals surface area contributed by atoms with Gasteiger partial charge in [0.25, 0.3) is 0 Å². The van der Waals surface area contributed by atoms with Crippen molar-refractivity contribution >= 4 is 11.0 Å². The number of pyridine rings is 1. The molecule has 136 valence electrons. The third-order valence-corrected chi connectivity index (χ3v) is 4.31. The maximum atomic E-state index is 12.6. The lowest BCUT2D eigenvalue weighted by Gasteiger charge is -2.12. The van der Waals surface area contributed by atoms with E-state index in [2.05, 4.69) is 5.32 Å². The Kier molecular flexibility index (Phi) is 5.09. The highest BCUT2D eigenvalue weighted by atomic mass is 16.5. The number of rotatable bonds is 6. The molecule has 3 rings (SSSR count). The lowest BCUT2D eigenvalue weighted by molar-refractivity contribution is 0.415. The molecule has 0 atom stereocenters. The van der Waals surface area contributed by atoms with Crippen molar-refractivity contribution in [3.05, 3.63) is 68.4 Å². The Bertz CT molecular complexity index is 1050. The number of ether oxygens (including phenoxy) is 1. The third kappa shape index (κ3) is 3.48. The predicted octanol–water partition coefficient (Wildman–Crippen LogP) is 1.77. The van der Waals surface area contributed by atoms with Crippen LogP contribution >= 0.6 is 0 Å². The molecule has 0 unspecified atom stereocenters. The lowest BCUT2D eigenvalue weighted by atomic mass is 10.1. The molecule has 1 aromatic carbocycles. The van der Waals surface area contributed by atoms with Crippen molar-refractivity contribution in [3.63, 3.8) is 0 Å². The van der Waals surface area contributed by atoms with Gasteiger partial charge in [-0.05, 0) is 25.1 Å². The van der Waals surface area contributed by atoms with E-state index in [0.29, 0.717) is 47.6 Å². The van der Waals surface area contributed by atoms with Crippen LogP contribution in [-0.4, -0.2) is 23.3 Å². The average molecular weight is 356 g/mol. The Labute approximate surface area is 149 Å². The first-order valence-corrected chi connectivity index (χ1v) is 8.19. The van der Waals surface area contributed by atoms with Crippen LogP contribution in [0.15, 0.2) is 50.7 Å². The van der Waals surface area contributed by atoms with Crippen LogP contribution in [0.5, 0.6) is 11.5 Å². The van der Waals surface area contributed by atoms with E-state index in [0.717, 1.165) is 0 Å². The van der Waals surface area contributed by atoms with Crippen molar-refractivity contribution in [1.29, 1.82) is 0 Å². The number of benzene rings is 1. The van der Waals surface area contributed by atoms with Crippen molar-refractivity contribution in [2.75, 3.05) is 13.7 Å². The second-order valence-corrected chi connectivity index (χ2v) is 5.94. The number of fused-ring (bicyclic) bond motifs is 1. The van der Waals surface area contributed by atoms with Crippen LogP contribution in [0, 0.1) is 6.92 Å². The standard InChI is InChI=1S/C19H20N2O5/c1-12-18(23)16(22)5-7-21(12)8-6-20-10-13-11-26-17-4-3-14(25-2)9-15(17)19(13)24/h3-5,7,9,11,20,23H,6,8,10H2,1-2H3. The van der Waals surface area contributed by atoms with Crippen LogP contribution in [0.2, 0.25) is 0 Å². The minimum Gasteiger partial charge on any atom is -0.503 e. The predicted molar refractivity (Wildman–Crippen MR) is 97.8 cm³/mol. The van der Waals surface area contributed by atoms with E-state index in [1.807, 2.05) is 0 Å². The summed E-state index contributed by atoms with van der Waals surface area (Å²) in [5, 5.41) is 13.3. The first-order valence-electron chi connectivity index (χ1n) is 8.19. The molecule has 0 amide bonds. The zero-order valence-corrected chi connectivity index (χ0v) is 14.6. The first-order chi connectivity index (χ1) is 12.5. The molecule has 3 aromatic rings. The molecule has 0 saturated carbocycles. The maximum absolute atomic E-state index is 12.6. The molecule has 7 heteroatoms. The molecule has 2 heterocycles. The molecular formula is C19H20N2O5. The fourth-order valence-corrected chi connectivity index (χ4v) is 2.73. The Morgan fingerprint density at radius 3 is 2.85 bits per heavy atom. The van der Waals surface area contributed by atoms with Crippen LogP contribution in [-0.2, 0) is 13.1 Å². The molecule has 0 aliphatic heterocycles. The second kappa shape index (κ2) is 7.45. The highest BCUT2D eigenvalue weighted by molar-refractivity contribution is 5.78. The molecule has 0 saturated heterocycles. The fraction of sp³-hybridized carbons (Fsp3) is 0.263. The number of aromatic hydroxyl groups is 1. The number of hydrogen-bond donors (Lipinski definition) is 2. The molecule has 0 radical (unpaired) electrons. The fourth-order valence-electron chi connectivity index (χ4n) is 2.73. The van der Waals surface area contributed by atoms with Gasteiger partial charge in [-0.2, -0.15) is 0 Å². The van der Waals surface area contributed by atoms with Gasteiger partial charge in [0.2, 0.25) is 5.43 Å². The highest BCUT2D eigenvalue weighted by Gasteiger charge is 2.09. The van der Waals surface area contributed by atoms with E-state index >= 15 is 0 Å². The van der Waals surface area contributed by atoms with Gasteiger partial charge in [-0.25, -0.2) is 0 Å². The first kappa shape index (κ1) is 17.8. The summed E-state index contributed by atoms with van der Waals surface area (Å²) in [6, 6.07) is 6.44. The summed E-state index contributed by atoms with van der Waals surface area (Å²) in [6.07, 6.45) is 3.09. The normalized spacial score (nSPS) is 11.0. The van der Waals surface area contributed by atoms with Gasteiger partial charge in [0.1, 0.15) is 11.3 Å².